The fourth-order valence-electron chi connectivity index (χ4n) is 1.56. The average Bonchev–Trinajstić information content (AvgIpc) is 2.26. The van der Waals surface area contributed by atoms with Crippen LogP contribution in [0.5, 0.6) is 0 Å². The topological polar surface area (TPSA) is 32.3 Å². The Morgan fingerprint density at radius 2 is 1.84 bits per heavy atom. The SMILES string of the molecule is CC(C)(CCO)CNc1ccc(C(F)(F)F)cc1F. The summed E-state index contributed by atoms with van der Waals surface area (Å²) in [6, 6.07) is 2.39. The molecule has 0 amide bonds. The van der Waals surface area contributed by atoms with Gasteiger partial charge in [-0.3, -0.25) is 0 Å². The summed E-state index contributed by atoms with van der Waals surface area (Å²) in [5, 5.41) is 11.6. The van der Waals surface area contributed by atoms with Crippen molar-refractivity contribution < 1.29 is 22.7 Å². The number of rotatable bonds is 5. The van der Waals surface area contributed by atoms with Crippen molar-refractivity contribution in [3.8, 4) is 0 Å². The van der Waals surface area contributed by atoms with Crippen LogP contribution in [-0.4, -0.2) is 18.3 Å². The highest BCUT2D eigenvalue weighted by atomic mass is 19.4. The predicted molar refractivity (Wildman–Crippen MR) is 65.4 cm³/mol. The molecule has 19 heavy (non-hydrogen) atoms. The number of hydrogen-bond donors (Lipinski definition) is 2. The first-order chi connectivity index (χ1) is 8.65. The van der Waals surface area contributed by atoms with Gasteiger partial charge in [0.2, 0.25) is 0 Å². The van der Waals surface area contributed by atoms with Crippen molar-refractivity contribution in [3.63, 3.8) is 0 Å². The number of anilines is 1. The molecule has 0 bridgehead atoms. The van der Waals surface area contributed by atoms with Gasteiger partial charge in [0.1, 0.15) is 5.82 Å². The van der Waals surface area contributed by atoms with E-state index in [1.54, 1.807) is 0 Å². The summed E-state index contributed by atoms with van der Waals surface area (Å²) < 4.78 is 50.6. The number of aliphatic hydroxyl groups is 1. The fourth-order valence-corrected chi connectivity index (χ4v) is 1.56. The molecule has 0 spiro atoms. The van der Waals surface area contributed by atoms with Crippen molar-refractivity contribution in [2.75, 3.05) is 18.5 Å². The molecule has 2 nitrogen and oxygen atoms in total. The van der Waals surface area contributed by atoms with Crippen LogP contribution in [0.2, 0.25) is 0 Å². The third-order valence-electron chi connectivity index (χ3n) is 2.84. The van der Waals surface area contributed by atoms with Gasteiger partial charge in [-0.2, -0.15) is 13.2 Å². The lowest BCUT2D eigenvalue weighted by molar-refractivity contribution is -0.137. The zero-order valence-electron chi connectivity index (χ0n) is 10.8. The molecule has 0 aliphatic carbocycles. The van der Waals surface area contributed by atoms with Gasteiger partial charge >= 0.3 is 6.18 Å². The van der Waals surface area contributed by atoms with Crippen LogP contribution in [0.4, 0.5) is 23.2 Å². The first-order valence-corrected chi connectivity index (χ1v) is 5.87. The highest BCUT2D eigenvalue weighted by Crippen LogP contribution is 2.31. The Balaban J connectivity index is 2.76. The molecule has 0 heterocycles. The van der Waals surface area contributed by atoms with Crippen LogP contribution < -0.4 is 5.32 Å². The molecular weight excluding hydrogens is 262 g/mol. The predicted octanol–water partition coefficient (Wildman–Crippen LogP) is 3.67. The van der Waals surface area contributed by atoms with Gasteiger partial charge in [0.25, 0.3) is 0 Å². The van der Waals surface area contributed by atoms with E-state index in [0.29, 0.717) is 19.0 Å². The number of alkyl halides is 3. The highest BCUT2D eigenvalue weighted by molar-refractivity contribution is 5.47. The van der Waals surface area contributed by atoms with E-state index in [1.165, 1.54) is 0 Å². The quantitative estimate of drug-likeness (QED) is 0.806. The molecule has 1 aromatic carbocycles. The molecule has 2 N–H and O–H groups in total. The van der Waals surface area contributed by atoms with Gasteiger partial charge in [-0.25, -0.2) is 4.39 Å². The molecule has 0 aliphatic rings. The van der Waals surface area contributed by atoms with Crippen LogP contribution >= 0.6 is 0 Å². The summed E-state index contributed by atoms with van der Waals surface area (Å²) in [6.07, 6.45) is -4.03. The maximum atomic E-state index is 13.5. The van der Waals surface area contributed by atoms with Crippen LogP contribution in [0.3, 0.4) is 0 Å². The summed E-state index contributed by atoms with van der Waals surface area (Å²) in [7, 11) is 0. The molecule has 6 heteroatoms. The zero-order valence-corrected chi connectivity index (χ0v) is 10.8. The first kappa shape index (κ1) is 15.8. The molecule has 0 aromatic heterocycles. The molecular formula is C13H17F4NO. The minimum absolute atomic E-state index is 0.00414. The van der Waals surface area contributed by atoms with Crippen molar-refractivity contribution in [2.45, 2.75) is 26.4 Å². The average molecular weight is 279 g/mol. The highest BCUT2D eigenvalue weighted by Gasteiger charge is 2.31. The summed E-state index contributed by atoms with van der Waals surface area (Å²) in [5.74, 6) is -0.936. The summed E-state index contributed by atoms with van der Waals surface area (Å²) in [4.78, 5) is 0. The van der Waals surface area contributed by atoms with Gasteiger partial charge in [-0.15, -0.1) is 0 Å². The molecule has 0 saturated heterocycles. The van der Waals surface area contributed by atoms with Crippen molar-refractivity contribution >= 4 is 5.69 Å². The third kappa shape index (κ3) is 4.70. The van der Waals surface area contributed by atoms with Gasteiger partial charge in [0.15, 0.2) is 0 Å². The number of hydrogen-bond acceptors (Lipinski definition) is 2. The maximum Gasteiger partial charge on any atom is 0.416 e. The van der Waals surface area contributed by atoms with Crippen molar-refractivity contribution in [3.05, 3.63) is 29.6 Å². The van der Waals surface area contributed by atoms with Crippen LogP contribution in [-0.2, 0) is 6.18 Å². The Hall–Kier alpha value is -1.30. The van der Waals surface area contributed by atoms with E-state index >= 15 is 0 Å². The lowest BCUT2D eigenvalue weighted by Crippen LogP contribution is -2.24. The van der Waals surface area contributed by atoms with E-state index in [9.17, 15) is 17.6 Å². The molecule has 0 unspecified atom stereocenters. The van der Waals surface area contributed by atoms with Crippen LogP contribution in [0, 0.1) is 11.2 Å². The van der Waals surface area contributed by atoms with Gasteiger partial charge in [0.05, 0.1) is 11.3 Å². The Morgan fingerprint density at radius 1 is 1.21 bits per heavy atom. The molecule has 0 saturated carbocycles. The van der Waals surface area contributed by atoms with E-state index in [4.69, 9.17) is 5.11 Å². The van der Waals surface area contributed by atoms with Gasteiger partial charge < -0.3 is 10.4 Å². The van der Waals surface area contributed by atoms with Crippen LogP contribution in [0.25, 0.3) is 0 Å². The smallest absolute Gasteiger partial charge is 0.396 e. The lowest BCUT2D eigenvalue weighted by atomic mass is 9.89. The number of benzene rings is 1. The Kier molecular flexibility index (Phi) is 4.79. The standard InChI is InChI=1S/C13H17F4NO/c1-12(2,5-6-19)8-18-11-4-3-9(7-10(11)14)13(15,16)17/h3-4,7,18-19H,5-6,8H2,1-2H3. The van der Waals surface area contributed by atoms with E-state index < -0.39 is 17.6 Å². The summed E-state index contributed by atoms with van der Waals surface area (Å²) in [5.41, 5.74) is -1.26. The number of halogens is 4. The summed E-state index contributed by atoms with van der Waals surface area (Å²) >= 11 is 0. The Morgan fingerprint density at radius 3 is 2.32 bits per heavy atom. The monoisotopic (exact) mass is 279 g/mol. The maximum absolute atomic E-state index is 13.5. The molecule has 0 radical (unpaired) electrons. The van der Waals surface area contributed by atoms with Gasteiger partial charge in [-0.1, -0.05) is 13.8 Å². The summed E-state index contributed by atoms with van der Waals surface area (Å²) in [6.45, 7) is 4.11. The molecule has 108 valence electrons. The molecule has 1 rings (SSSR count). The van der Waals surface area contributed by atoms with E-state index in [1.807, 2.05) is 13.8 Å². The zero-order chi connectivity index (χ0) is 14.7. The van der Waals surface area contributed by atoms with E-state index in [-0.39, 0.29) is 17.7 Å². The van der Waals surface area contributed by atoms with Gasteiger partial charge in [-0.05, 0) is 30.0 Å². The van der Waals surface area contributed by atoms with Crippen molar-refractivity contribution in [1.29, 1.82) is 0 Å². The fraction of sp³-hybridized carbons (Fsp3) is 0.538. The minimum Gasteiger partial charge on any atom is -0.396 e. The van der Waals surface area contributed by atoms with Crippen LogP contribution in [0.1, 0.15) is 25.8 Å². The molecule has 0 aliphatic heterocycles. The number of aliphatic hydroxyl groups excluding tert-OH is 1. The van der Waals surface area contributed by atoms with E-state index in [2.05, 4.69) is 5.32 Å². The second-order valence-electron chi connectivity index (χ2n) is 5.18. The first-order valence-electron chi connectivity index (χ1n) is 5.87. The second kappa shape index (κ2) is 5.77. The van der Waals surface area contributed by atoms with Gasteiger partial charge in [0, 0.05) is 13.2 Å². The third-order valence-corrected chi connectivity index (χ3v) is 2.84. The van der Waals surface area contributed by atoms with Crippen molar-refractivity contribution in [2.24, 2.45) is 5.41 Å². The minimum atomic E-state index is -4.55. The number of nitrogens with one attached hydrogen (secondary N) is 1. The largest absolute Gasteiger partial charge is 0.416 e. The molecule has 1 aromatic rings. The Labute approximate surface area is 109 Å². The van der Waals surface area contributed by atoms with E-state index in [0.717, 1.165) is 12.1 Å². The molecule has 0 fully saturated rings. The normalized spacial score (nSPS) is 12.6. The lowest BCUT2D eigenvalue weighted by Gasteiger charge is -2.24. The van der Waals surface area contributed by atoms with Crippen molar-refractivity contribution in [1.82, 2.24) is 0 Å². The Bertz CT molecular complexity index is 429. The van der Waals surface area contributed by atoms with Crippen LogP contribution in [0.15, 0.2) is 18.2 Å². The molecule has 0 atom stereocenters. The second-order valence-corrected chi connectivity index (χ2v) is 5.18.